The van der Waals surface area contributed by atoms with Gasteiger partial charge in [-0.3, -0.25) is 4.90 Å². The molecular weight excluding hydrogens is 481 g/mol. The van der Waals surface area contributed by atoms with Gasteiger partial charge in [-0.2, -0.15) is 4.98 Å². The lowest BCUT2D eigenvalue weighted by Crippen LogP contribution is -2.65. The van der Waals surface area contributed by atoms with Crippen molar-refractivity contribution < 1.29 is 18.7 Å². The molecule has 2 aromatic heterocycles. The normalized spacial score (nSPS) is 25.7. The molecule has 3 aliphatic rings. The van der Waals surface area contributed by atoms with E-state index in [2.05, 4.69) is 14.9 Å². The Balaban J connectivity index is 1.66. The smallest absolute Gasteiger partial charge is 0.410 e. The highest BCUT2D eigenvalue weighted by molar-refractivity contribution is 7.99. The van der Waals surface area contributed by atoms with Crippen LogP contribution in [0.5, 0.6) is 5.88 Å². The van der Waals surface area contributed by atoms with Gasteiger partial charge in [0.2, 0.25) is 5.88 Å². The van der Waals surface area contributed by atoms with Crippen molar-refractivity contribution in [3.8, 4) is 5.88 Å². The van der Waals surface area contributed by atoms with Crippen molar-refractivity contribution in [1.29, 1.82) is 0 Å². The third-order valence-corrected chi connectivity index (χ3v) is 7.56. The van der Waals surface area contributed by atoms with Crippen molar-refractivity contribution in [3.63, 3.8) is 0 Å². The number of halogens is 2. The van der Waals surface area contributed by atoms with E-state index in [0.29, 0.717) is 29.3 Å². The maximum absolute atomic E-state index is 15.1. The van der Waals surface area contributed by atoms with Crippen LogP contribution in [0.1, 0.15) is 53.9 Å². The monoisotopic (exact) mass is 509 g/mol. The molecule has 11 heteroatoms. The number of thioether (sulfide) groups is 1. The number of pyridine rings is 1. The van der Waals surface area contributed by atoms with Crippen LogP contribution in [0.3, 0.4) is 0 Å². The average Bonchev–Trinajstić information content (AvgIpc) is 3.01. The number of hydrogen-bond donors (Lipinski definition) is 0. The van der Waals surface area contributed by atoms with Gasteiger partial charge < -0.3 is 14.4 Å². The molecule has 184 valence electrons. The lowest BCUT2D eigenvalue weighted by Gasteiger charge is -2.48. The summed E-state index contributed by atoms with van der Waals surface area (Å²) in [4.78, 5) is 30.8. The van der Waals surface area contributed by atoms with Gasteiger partial charge >= 0.3 is 6.09 Å². The van der Waals surface area contributed by atoms with Gasteiger partial charge in [0.05, 0.1) is 18.1 Å². The van der Waals surface area contributed by atoms with E-state index in [0.717, 1.165) is 18.6 Å². The standard InChI is InChI=1S/C23H29ClFN5O3S/c1-6-13-17-12-9-8-11(30(12)22(31)33-23(3,4)5)10-29(17)19-14-16(26-21(28-19)34-7-2)15(25)18(24)27-20(14)32-13/h11-13,17H,6-10H2,1-5H3/t11-,12+,13+,17+/m1/s1. The first-order chi connectivity index (χ1) is 16.1. The molecule has 4 atom stereocenters. The van der Waals surface area contributed by atoms with Crippen LogP contribution in [-0.2, 0) is 4.74 Å². The fraction of sp³-hybridized carbons (Fsp3) is 0.652. The first kappa shape index (κ1) is 23.7. The highest BCUT2D eigenvalue weighted by Crippen LogP contribution is 2.46. The summed E-state index contributed by atoms with van der Waals surface area (Å²) >= 11 is 7.59. The summed E-state index contributed by atoms with van der Waals surface area (Å²) in [5.74, 6) is 0.909. The number of carbonyl (C=O) groups excluding carboxylic acids is 1. The highest BCUT2D eigenvalue weighted by atomic mass is 35.5. The third kappa shape index (κ3) is 3.82. The summed E-state index contributed by atoms with van der Waals surface area (Å²) in [6.07, 6.45) is 1.74. The number of ether oxygens (including phenoxy) is 2. The van der Waals surface area contributed by atoms with E-state index in [9.17, 15) is 4.79 Å². The second-order valence-corrected chi connectivity index (χ2v) is 11.5. The molecule has 0 spiro atoms. The zero-order valence-electron chi connectivity index (χ0n) is 20.0. The molecule has 3 aliphatic heterocycles. The molecule has 8 nitrogen and oxygen atoms in total. The van der Waals surface area contributed by atoms with Crippen LogP contribution in [0.25, 0.3) is 10.9 Å². The van der Waals surface area contributed by atoms with Gasteiger partial charge in [0, 0.05) is 6.54 Å². The highest BCUT2D eigenvalue weighted by Gasteiger charge is 2.54. The van der Waals surface area contributed by atoms with Crippen LogP contribution in [0.2, 0.25) is 5.15 Å². The Morgan fingerprint density at radius 1 is 1.26 bits per heavy atom. The first-order valence-corrected chi connectivity index (χ1v) is 13.1. The molecular formula is C23H29ClFN5O3S. The third-order valence-electron chi connectivity index (χ3n) is 6.58. The Kier molecular flexibility index (Phi) is 5.95. The van der Waals surface area contributed by atoms with Gasteiger partial charge in [-0.25, -0.2) is 19.2 Å². The van der Waals surface area contributed by atoms with Crippen LogP contribution >= 0.6 is 23.4 Å². The van der Waals surface area contributed by atoms with E-state index in [1.54, 1.807) is 0 Å². The number of fused-ring (bicyclic) bond motifs is 5. The quantitative estimate of drug-likeness (QED) is 0.323. The molecule has 2 bridgehead atoms. The van der Waals surface area contributed by atoms with Gasteiger partial charge in [-0.05, 0) is 45.8 Å². The second-order valence-electron chi connectivity index (χ2n) is 9.90. The van der Waals surface area contributed by atoms with E-state index < -0.39 is 11.4 Å². The fourth-order valence-corrected chi connectivity index (χ4v) is 6.09. The predicted molar refractivity (Wildman–Crippen MR) is 129 cm³/mol. The minimum Gasteiger partial charge on any atom is -0.471 e. The van der Waals surface area contributed by atoms with Gasteiger partial charge in [-0.1, -0.05) is 37.2 Å². The van der Waals surface area contributed by atoms with Crippen molar-refractivity contribution in [2.75, 3.05) is 17.2 Å². The van der Waals surface area contributed by atoms with E-state index in [-0.39, 0.29) is 46.9 Å². The molecule has 0 radical (unpaired) electrons. The fourth-order valence-electron chi connectivity index (χ4n) is 5.36. The minimum atomic E-state index is -0.674. The van der Waals surface area contributed by atoms with Gasteiger partial charge in [0.1, 0.15) is 28.4 Å². The Labute approximate surface area is 207 Å². The summed E-state index contributed by atoms with van der Waals surface area (Å²) in [5.41, 5.74) is -0.467. The predicted octanol–water partition coefficient (Wildman–Crippen LogP) is 5.06. The Morgan fingerprint density at radius 3 is 2.71 bits per heavy atom. The molecule has 2 saturated heterocycles. The SMILES string of the molecule is CCSc1nc2c3c(nc(Cl)c(F)c3n1)O[C@@H](CC)[C@@H]1[C@@H]3CC[C@H](CN21)N3C(=O)OC(C)(C)C. The molecule has 0 aliphatic carbocycles. The van der Waals surface area contributed by atoms with Crippen molar-refractivity contribution >= 4 is 46.2 Å². The maximum Gasteiger partial charge on any atom is 0.410 e. The summed E-state index contributed by atoms with van der Waals surface area (Å²) in [5, 5.41) is 0.646. The number of hydrogen-bond acceptors (Lipinski definition) is 8. The molecule has 5 rings (SSSR count). The first-order valence-electron chi connectivity index (χ1n) is 11.8. The van der Waals surface area contributed by atoms with Crippen LogP contribution in [0.4, 0.5) is 15.0 Å². The van der Waals surface area contributed by atoms with E-state index in [1.807, 2.05) is 39.5 Å². The number of anilines is 1. The van der Waals surface area contributed by atoms with E-state index >= 15 is 4.39 Å². The van der Waals surface area contributed by atoms with Crippen LogP contribution in [0, 0.1) is 5.82 Å². The van der Waals surface area contributed by atoms with E-state index in [4.69, 9.17) is 26.1 Å². The molecule has 1 amide bonds. The Hall–Kier alpha value is -2.07. The molecule has 0 unspecified atom stereocenters. The van der Waals surface area contributed by atoms with E-state index in [1.165, 1.54) is 11.8 Å². The van der Waals surface area contributed by atoms with Gasteiger partial charge in [0.15, 0.2) is 16.1 Å². The summed E-state index contributed by atoms with van der Waals surface area (Å²) < 4.78 is 27.3. The maximum atomic E-state index is 15.1. The average molecular weight is 510 g/mol. The lowest BCUT2D eigenvalue weighted by atomic mass is 9.95. The molecule has 0 aromatic carbocycles. The van der Waals surface area contributed by atoms with Crippen LogP contribution in [0.15, 0.2) is 5.16 Å². The summed E-state index contributed by atoms with van der Waals surface area (Å²) in [6, 6.07) is -0.349. The van der Waals surface area contributed by atoms with Crippen molar-refractivity contribution in [1.82, 2.24) is 19.9 Å². The number of carbonyl (C=O) groups is 1. The zero-order valence-corrected chi connectivity index (χ0v) is 21.5. The summed E-state index contributed by atoms with van der Waals surface area (Å²) in [7, 11) is 0. The molecule has 34 heavy (non-hydrogen) atoms. The second kappa shape index (κ2) is 8.55. The zero-order chi connectivity index (χ0) is 24.4. The molecule has 2 aromatic rings. The Bertz CT molecular complexity index is 1150. The van der Waals surface area contributed by atoms with Crippen molar-refractivity contribution in [3.05, 3.63) is 11.0 Å². The number of amides is 1. The minimum absolute atomic E-state index is 0.0347. The van der Waals surface area contributed by atoms with Crippen LogP contribution in [-0.4, -0.2) is 68.1 Å². The number of rotatable bonds is 3. The number of piperazine rings is 1. The number of nitrogens with zero attached hydrogens (tertiary/aromatic N) is 5. The molecule has 5 heterocycles. The number of aromatic nitrogens is 3. The topological polar surface area (TPSA) is 80.7 Å². The lowest BCUT2D eigenvalue weighted by molar-refractivity contribution is -0.000577. The van der Waals surface area contributed by atoms with Crippen LogP contribution < -0.4 is 9.64 Å². The molecule has 0 saturated carbocycles. The molecule has 0 N–H and O–H groups in total. The Morgan fingerprint density at radius 2 is 2.03 bits per heavy atom. The van der Waals surface area contributed by atoms with Crippen molar-refractivity contribution in [2.45, 2.75) is 88.9 Å². The summed E-state index contributed by atoms with van der Waals surface area (Å²) in [6.45, 7) is 10.2. The molecule has 2 fully saturated rings. The van der Waals surface area contributed by atoms with Gasteiger partial charge in [-0.15, -0.1) is 0 Å². The van der Waals surface area contributed by atoms with Crippen molar-refractivity contribution in [2.24, 2.45) is 0 Å². The largest absolute Gasteiger partial charge is 0.471 e. The van der Waals surface area contributed by atoms with Gasteiger partial charge in [0.25, 0.3) is 0 Å².